The molecule has 0 aliphatic heterocycles. The van der Waals surface area contributed by atoms with Crippen molar-refractivity contribution in [2.45, 2.75) is 0 Å². The van der Waals surface area contributed by atoms with Crippen LogP contribution in [0.25, 0.3) is 10.9 Å². The first-order valence-electron chi connectivity index (χ1n) is 6.26. The van der Waals surface area contributed by atoms with Gasteiger partial charge in [-0.15, -0.1) is 12.4 Å². The summed E-state index contributed by atoms with van der Waals surface area (Å²) in [5, 5.41) is 12.7. The minimum absolute atomic E-state index is 0. The first-order chi connectivity index (χ1) is 10.1. The van der Waals surface area contributed by atoms with E-state index < -0.39 is 5.97 Å². The van der Waals surface area contributed by atoms with Gasteiger partial charge < -0.3 is 16.2 Å². The predicted molar refractivity (Wildman–Crippen MR) is 87.9 cm³/mol. The van der Waals surface area contributed by atoms with Crippen molar-refractivity contribution in [3.05, 3.63) is 54.1 Å². The molecule has 2 aromatic carbocycles. The SMILES string of the molecule is Cl.Nc1nc(Nc2cccc(C(=O)O)c2)nc2ccccc12. The Morgan fingerprint density at radius 1 is 1.09 bits per heavy atom. The fourth-order valence-corrected chi connectivity index (χ4v) is 2.02. The van der Waals surface area contributed by atoms with Crippen LogP contribution in [0.3, 0.4) is 0 Å². The largest absolute Gasteiger partial charge is 0.478 e. The number of nitrogens with zero attached hydrogens (tertiary/aromatic N) is 2. The molecule has 0 saturated heterocycles. The van der Waals surface area contributed by atoms with Crippen molar-refractivity contribution in [3.63, 3.8) is 0 Å². The standard InChI is InChI=1S/C15H12N4O2.ClH/c16-13-11-6-1-2-7-12(11)18-15(19-13)17-10-5-3-4-9(8-10)14(20)21;/h1-8H,(H,20,21)(H3,16,17,18,19);1H. The van der Waals surface area contributed by atoms with Gasteiger partial charge in [0.2, 0.25) is 5.95 Å². The van der Waals surface area contributed by atoms with Gasteiger partial charge >= 0.3 is 5.97 Å². The molecule has 0 saturated carbocycles. The number of hydrogen-bond acceptors (Lipinski definition) is 5. The van der Waals surface area contributed by atoms with E-state index in [2.05, 4.69) is 15.3 Å². The molecule has 112 valence electrons. The number of para-hydroxylation sites is 1. The van der Waals surface area contributed by atoms with Crippen LogP contribution in [0.1, 0.15) is 10.4 Å². The number of nitrogens with two attached hydrogens (primary N) is 1. The highest BCUT2D eigenvalue weighted by Gasteiger charge is 2.07. The first kappa shape index (κ1) is 15.5. The third kappa shape index (κ3) is 3.07. The van der Waals surface area contributed by atoms with E-state index in [1.54, 1.807) is 12.1 Å². The number of nitrogen functional groups attached to an aromatic ring is 1. The zero-order valence-electron chi connectivity index (χ0n) is 11.4. The molecule has 0 spiro atoms. The maximum Gasteiger partial charge on any atom is 0.335 e. The van der Waals surface area contributed by atoms with Crippen LogP contribution < -0.4 is 11.1 Å². The van der Waals surface area contributed by atoms with E-state index in [0.717, 1.165) is 10.9 Å². The van der Waals surface area contributed by atoms with E-state index in [1.807, 2.05) is 24.3 Å². The molecular formula is C15H13ClN4O2. The van der Waals surface area contributed by atoms with Crippen molar-refractivity contribution in [2.75, 3.05) is 11.1 Å². The lowest BCUT2D eigenvalue weighted by Crippen LogP contribution is -2.02. The molecule has 4 N–H and O–H groups in total. The van der Waals surface area contributed by atoms with Crippen molar-refractivity contribution in [1.29, 1.82) is 0 Å². The van der Waals surface area contributed by atoms with Gasteiger partial charge in [-0.25, -0.2) is 9.78 Å². The molecule has 0 bridgehead atoms. The minimum Gasteiger partial charge on any atom is -0.478 e. The lowest BCUT2D eigenvalue weighted by molar-refractivity contribution is 0.0697. The summed E-state index contributed by atoms with van der Waals surface area (Å²) in [6.07, 6.45) is 0. The Morgan fingerprint density at radius 2 is 1.86 bits per heavy atom. The van der Waals surface area contributed by atoms with E-state index in [-0.39, 0.29) is 18.0 Å². The van der Waals surface area contributed by atoms with E-state index in [4.69, 9.17) is 10.8 Å². The van der Waals surface area contributed by atoms with Crippen molar-refractivity contribution in [2.24, 2.45) is 0 Å². The number of rotatable bonds is 3. The summed E-state index contributed by atoms with van der Waals surface area (Å²) in [4.78, 5) is 19.5. The summed E-state index contributed by atoms with van der Waals surface area (Å²) in [7, 11) is 0. The Morgan fingerprint density at radius 3 is 2.64 bits per heavy atom. The Bertz CT molecular complexity index is 839. The molecule has 0 aliphatic carbocycles. The van der Waals surface area contributed by atoms with Crippen molar-refractivity contribution in [1.82, 2.24) is 9.97 Å². The van der Waals surface area contributed by atoms with Crippen LogP contribution in [0.4, 0.5) is 17.5 Å². The van der Waals surface area contributed by atoms with E-state index >= 15 is 0 Å². The van der Waals surface area contributed by atoms with Gasteiger partial charge in [0.15, 0.2) is 0 Å². The topological polar surface area (TPSA) is 101 Å². The minimum atomic E-state index is -0.988. The number of carbonyl (C=O) groups is 1. The smallest absolute Gasteiger partial charge is 0.335 e. The Kier molecular flexibility index (Phi) is 4.43. The first-order valence-corrected chi connectivity index (χ1v) is 6.26. The Labute approximate surface area is 132 Å². The van der Waals surface area contributed by atoms with Gasteiger partial charge in [0.25, 0.3) is 0 Å². The maximum absolute atomic E-state index is 11.0. The van der Waals surface area contributed by atoms with Crippen molar-refractivity contribution >= 4 is 46.7 Å². The molecule has 0 aliphatic rings. The molecule has 0 amide bonds. The monoisotopic (exact) mass is 316 g/mol. The number of benzene rings is 2. The fraction of sp³-hybridized carbons (Fsp3) is 0. The molecule has 6 nitrogen and oxygen atoms in total. The summed E-state index contributed by atoms with van der Waals surface area (Å²) >= 11 is 0. The van der Waals surface area contributed by atoms with Gasteiger partial charge in [0.1, 0.15) is 5.82 Å². The number of hydrogen-bond donors (Lipinski definition) is 3. The number of fused-ring (bicyclic) bond motifs is 1. The summed E-state index contributed by atoms with van der Waals surface area (Å²) in [5.41, 5.74) is 7.40. The van der Waals surface area contributed by atoms with Crippen molar-refractivity contribution in [3.8, 4) is 0 Å². The molecule has 0 unspecified atom stereocenters. The number of anilines is 3. The second kappa shape index (κ2) is 6.28. The van der Waals surface area contributed by atoms with Crippen LogP contribution in [0, 0.1) is 0 Å². The van der Waals surface area contributed by atoms with Crippen molar-refractivity contribution < 1.29 is 9.90 Å². The lowest BCUT2D eigenvalue weighted by Gasteiger charge is -2.08. The predicted octanol–water partition coefficient (Wildman–Crippen LogP) is 3.08. The van der Waals surface area contributed by atoms with Crippen LogP contribution in [0.2, 0.25) is 0 Å². The van der Waals surface area contributed by atoms with Crippen LogP contribution in [-0.2, 0) is 0 Å². The lowest BCUT2D eigenvalue weighted by atomic mass is 10.2. The summed E-state index contributed by atoms with van der Waals surface area (Å²) in [6, 6.07) is 13.8. The molecule has 22 heavy (non-hydrogen) atoms. The zero-order chi connectivity index (χ0) is 14.8. The Hall–Kier alpha value is -2.86. The van der Waals surface area contributed by atoms with Gasteiger partial charge in [0, 0.05) is 11.1 Å². The van der Waals surface area contributed by atoms with E-state index in [0.29, 0.717) is 17.5 Å². The van der Waals surface area contributed by atoms with E-state index in [9.17, 15) is 4.79 Å². The van der Waals surface area contributed by atoms with Crippen LogP contribution in [0.15, 0.2) is 48.5 Å². The number of carboxylic acids is 1. The maximum atomic E-state index is 11.0. The zero-order valence-corrected chi connectivity index (χ0v) is 12.2. The average Bonchev–Trinajstić information content (AvgIpc) is 2.47. The second-order valence-corrected chi connectivity index (χ2v) is 4.46. The van der Waals surface area contributed by atoms with Gasteiger partial charge in [-0.05, 0) is 30.3 Å². The second-order valence-electron chi connectivity index (χ2n) is 4.46. The van der Waals surface area contributed by atoms with E-state index in [1.165, 1.54) is 12.1 Å². The average molecular weight is 317 g/mol. The molecule has 3 aromatic rings. The molecule has 0 atom stereocenters. The molecule has 1 heterocycles. The third-order valence-electron chi connectivity index (χ3n) is 3.00. The molecule has 0 radical (unpaired) electrons. The van der Waals surface area contributed by atoms with Gasteiger partial charge in [0.05, 0.1) is 11.1 Å². The van der Waals surface area contributed by atoms with Crippen LogP contribution in [0.5, 0.6) is 0 Å². The number of nitrogens with one attached hydrogen (secondary N) is 1. The third-order valence-corrected chi connectivity index (χ3v) is 3.00. The van der Waals surface area contributed by atoms with Crippen LogP contribution >= 0.6 is 12.4 Å². The summed E-state index contributed by atoms with van der Waals surface area (Å²) < 4.78 is 0. The quantitative estimate of drug-likeness (QED) is 0.686. The normalized spacial score (nSPS) is 10.0. The fourth-order valence-electron chi connectivity index (χ4n) is 2.02. The van der Waals surface area contributed by atoms with Gasteiger partial charge in [-0.3, -0.25) is 0 Å². The Balaban J connectivity index is 0.00000176. The molecule has 1 aromatic heterocycles. The number of aromatic nitrogens is 2. The number of carboxylic acid groups (broad SMARTS) is 1. The summed E-state index contributed by atoms with van der Waals surface area (Å²) in [5.74, 6) is -0.288. The number of halogens is 1. The molecule has 7 heteroatoms. The highest BCUT2D eigenvalue weighted by molar-refractivity contribution is 5.90. The van der Waals surface area contributed by atoms with Gasteiger partial charge in [-0.1, -0.05) is 18.2 Å². The highest BCUT2D eigenvalue weighted by Crippen LogP contribution is 2.21. The summed E-state index contributed by atoms with van der Waals surface area (Å²) in [6.45, 7) is 0. The van der Waals surface area contributed by atoms with Gasteiger partial charge in [-0.2, -0.15) is 4.98 Å². The number of aromatic carboxylic acids is 1. The molecular weight excluding hydrogens is 304 g/mol. The molecule has 3 rings (SSSR count). The van der Waals surface area contributed by atoms with Crippen LogP contribution in [-0.4, -0.2) is 21.0 Å². The molecule has 0 fully saturated rings. The highest BCUT2D eigenvalue weighted by atomic mass is 35.5.